The minimum atomic E-state index is -0.292. The largest absolute Gasteiger partial charge is 0.359 e. The van der Waals surface area contributed by atoms with Crippen molar-refractivity contribution in [2.24, 2.45) is 17.3 Å². The number of aromatic nitrogens is 1. The van der Waals surface area contributed by atoms with Crippen molar-refractivity contribution >= 4 is 16.6 Å². The van der Waals surface area contributed by atoms with Gasteiger partial charge in [0, 0.05) is 36.0 Å². The van der Waals surface area contributed by atoms with E-state index in [1.165, 1.54) is 40.3 Å². The molecule has 4 fully saturated rings. The number of carbonyl (C=O) groups is 1. The molecule has 1 unspecified atom stereocenters. The van der Waals surface area contributed by atoms with Crippen molar-refractivity contribution in [2.75, 3.05) is 0 Å². The molecule has 1 saturated heterocycles. The number of fused-ring (bicyclic) bond motifs is 4. The average Bonchev–Trinajstić information content (AvgIpc) is 3.38. The summed E-state index contributed by atoms with van der Waals surface area (Å²) in [5.74, 6) is 1.67. The molecule has 2 bridgehead atoms. The summed E-state index contributed by atoms with van der Waals surface area (Å²) in [5, 5.41) is 2.53. The summed E-state index contributed by atoms with van der Waals surface area (Å²) in [5.41, 5.74) is 4.34. The van der Waals surface area contributed by atoms with Crippen LogP contribution < -0.4 is 0 Å². The average molecular weight is 424 g/mol. The molecular weight excluding hydrogens is 394 g/mol. The van der Waals surface area contributed by atoms with Crippen molar-refractivity contribution in [3.05, 3.63) is 65.5 Å². The minimum absolute atomic E-state index is 0.174. The second-order valence-corrected chi connectivity index (χ2v) is 11.8. The fourth-order valence-electron chi connectivity index (χ4n) is 9.17. The van der Waals surface area contributed by atoms with E-state index in [2.05, 4.69) is 48.3 Å². The van der Waals surface area contributed by atoms with Crippen molar-refractivity contribution < 1.29 is 9.53 Å². The minimum Gasteiger partial charge on any atom is -0.359 e. The number of ether oxygens (including phenoxy) is 1. The predicted octanol–water partition coefficient (Wildman–Crippen LogP) is 5.83. The van der Waals surface area contributed by atoms with Crippen LogP contribution in [0, 0.1) is 17.3 Å². The van der Waals surface area contributed by atoms with E-state index in [4.69, 9.17) is 4.74 Å². The number of hydrogen-bond acceptors (Lipinski definition) is 3. The van der Waals surface area contributed by atoms with E-state index >= 15 is 0 Å². The van der Waals surface area contributed by atoms with Crippen LogP contribution in [0.3, 0.4) is 0 Å². The Bertz CT molecular complexity index is 1290. The molecule has 2 spiro atoms. The number of rotatable bonds is 1. The van der Waals surface area contributed by atoms with Crippen molar-refractivity contribution in [1.82, 2.24) is 4.98 Å². The van der Waals surface area contributed by atoms with Gasteiger partial charge in [0.1, 0.15) is 5.78 Å². The Morgan fingerprint density at radius 3 is 3.00 bits per heavy atom. The fourth-order valence-corrected chi connectivity index (χ4v) is 9.17. The van der Waals surface area contributed by atoms with Crippen molar-refractivity contribution in [2.45, 2.75) is 74.9 Å². The fraction of sp³-hybridized carbons (Fsp3) is 0.517. The van der Waals surface area contributed by atoms with Gasteiger partial charge in [-0.3, -0.25) is 9.78 Å². The first-order chi connectivity index (χ1) is 15.5. The van der Waals surface area contributed by atoms with Gasteiger partial charge in [-0.25, -0.2) is 0 Å². The second-order valence-electron chi connectivity index (χ2n) is 11.8. The zero-order valence-electron chi connectivity index (χ0n) is 18.7. The van der Waals surface area contributed by atoms with Gasteiger partial charge < -0.3 is 4.74 Å². The molecule has 6 aliphatic rings. The Kier molecular flexibility index (Phi) is 3.10. The zero-order chi connectivity index (χ0) is 21.3. The van der Waals surface area contributed by atoms with Gasteiger partial charge >= 0.3 is 0 Å². The number of hydrogen-bond donors (Lipinski definition) is 0. The molecule has 1 aromatic carbocycles. The SMILES string of the molecule is C[C@]12CC=C3C=C4CCC(=O)C[C@]45CCC3(O5)[C@@H]1C[C@H]1C[C@]12c1ccc2ccncc2c1. The third kappa shape index (κ3) is 1.88. The van der Waals surface area contributed by atoms with Gasteiger partial charge in [0.2, 0.25) is 0 Å². The molecule has 162 valence electrons. The summed E-state index contributed by atoms with van der Waals surface area (Å²) in [6.45, 7) is 2.56. The zero-order valence-corrected chi connectivity index (χ0v) is 18.7. The van der Waals surface area contributed by atoms with Crippen LogP contribution in [-0.4, -0.2) is 22.0 Å². The van der Waals surface area contributed by atoms with Gasteiger partial charge in [-0.1, -0.05) is 31.2 Å². The van der Waals surface area contributed by atoms with Gasteiger partial charge in [-0.15, -0.1) is 0 Å². The summed E-state index contributed by atoms with van der Waals surface area (Å²) in [7, 11) is 0. The maximum atomic E-state index is 12.4. The van der Waals surface area contributed by atoms with Crippen LogP contribution in [0.4, 0.5) is 0 Å². The van der Waals surface area contributed by atoms with Gasteiger partial charge in [0.15, 0.2) is 0 Å². The normalized spacial score (nSPS) is 45.5. The molecule has 3 heterocycles. The highest BCUT2D eigenvalue weighted by atomic mass is 16.5. The second kappa shape index (κ2) is 5.44. The third-order valence-electron chi connectivity index (χ3n) is 10.7. The molecule has 0 radical (unpaired) electrons. The third-order valence-corrected chi connectivity index (χ3v) is 10.7. The highest BCUT2D eigenvalue weighted by molar-refractivity contribution is 5.83. The van der Waals surface area contributed by atoms with E-state index in [9.17, 15) is 4.79 Å². The highest BCUT2D eigenvalue weighted by Crippen LogP contribution is 2.80. The van der Waals surface area contributed by atoms with Crippen LogP contribution in [0.25, 0.3) is 10.8 Å². The van der Waals surface area contributed by atoms with Crippen LogP contribution in [-0.2, 0) is 14.9 Å². The molecule has 3 heteroatoms. The van der Waals surface area contributed by atoms with E-state index in [0.29, 0.717) is 24.5 Å². The summed E-state index contributed by atoms with van der Waals surface area (Å²) in [6.07, 6.45) is 16.9. The van der Waals surface area contributed by atoms with Crippen molar-refractivity contribution in [1.29, 1.82) is 0 Å². The lowest BCUT2D eigenvalue weighted by atomic mass is 9.55. The summed E-state index contributed by atoms with van der Waals surface area (Å²) < 4.78 is 7.18. The number of nitrogens with zero attached hydrogens (tertiary/aromatic N) is 1. The van der Waals surface area contributed by atoms with E-state index < -0.39 is 0 Å². The van der Waals surface area contributed by atoms with Gasteiger partial charge in [-0.2, -0.15) is 0 Å². The summed E-state index contributed by atoms with van der Waals surface area (Å²) in [6, 6.07) is 9.21. The molecule has 4 aliphatic carbocycles. The highest BCUT2D eigenvalue weighted by Gasteiger charge is 2.78. The number of carbonyl (C=O) groups excluding carboxylic acids is 1. The maximum absolute atomic E-state index is 12.4. The molecule has 6 atom stereocenters. The molecule has 8 rings (SSSR count). The Balaban J connectivity index is 1.26. The van der Waals surface area contributed by atoms with Crippen LogP contribution >= 0.6 is 0 Å². The van der Waals surface area contributed by atoms with Crippen LogP contribution in [0.1, 0.15) is 63.9 Å². The van der Waals surface area contributed by atoms with E-state index in [0.717, 1.165) is 31.6 Å². The number of benzene rings is 1. The molecule has 2 aromatic rings. The van der Waals surface area contributed by atoms with E-state index in [1.54, 1.807) is 0 Å². The first-order valence-electron chi connectivity index (χ1n) is 12.5. The molecule has 3 saturated carbocycles. The van der Waals surface area contributed by atoms with Crippen LogP contribution in [0.2, 0.25) is 0 Å². The monoisotopic (exact) mass is 423 g/mol. The smallest absolute Gasteiger partial charge is 0.136 e. The first kappa shape index (κ1) is 18.2. The molecule has 3 nitrogen and oxygen atoms in total. The maximum Gasteiger partial charge on any atom is 0.136 e. The quantitative estimate of drug-likeness (QED) is 0.579. The lowest BCUT2D eigenvalue weighted by Crippen LogP contribution is -2.55. The number of pyridine rings is 1. The van der Waals surface area contributed by atoms with Gasteiger partial charge in [0.05, 0.1) is 11.2 Å². The molecule has 1 aromatic heterocycles. The van der Waals surface area contributed by atoms with Crippen molar-refractivity contribution in [3.63, 3.8) is 0 Å². The first-order valence-corrected chi connectivity index (χ1v) is 12.5. The van der Waals surface area contributed by atoms with Crippen LogP contribution in [0.15, 0.2) is 60.0 Å². The topological polar surface area (TPSA) is 39.2 Å². The molecule has 2 aliphatic heterocycles. The molecule has 0 N–H and O–H groups in total. The number of allylic oxidation sites excluding steroid dienone is 1. The standard InChI is InChI=1S/C29H29NO2/c1-26-8-6-22-13-20-4-5-24(31)16-27(20)9-10-29(22,32-27)25(26)14-23-15-28(23,26)21-3-2-18-7-11-30-17-19(18)12-21/h2-3,6-7,11-13,17,23,25H,4-5,8-10,14-16H2,1H3/t23-,25+,26-,27+,28-,29?/m0/s1. The summed E-state index contributed by atoms with van der Waals surface area (Å²) >= 11 is 0. The van der Waals surface area contributed by atoms with Gasteiger partial charge in [-0.05, 0) is 90.0 Å². The number of Topliss-reactive ketones (excluding diaryl/α,β-unsaturated/α-hetero) is 1. The lowest BCUT2D eigenvalue weighted by Gasteiger charge is -2.55. The Morgan fingerprint density at radius 1 is 1.12 bits per heavy atom. The predicted molar refractivity (Wildman–Crippen MR) is 123 cm³/mol. The van der Waals surface area contributed by atoms with E-state index in [1.807, 2.05) is 12.4 Å². The van der Waals surface area contributed by atoms with Crippen molar-refractivity contribution in [3.8, 4) is 0 Å². The van der Waals surface area contributed by atoms with Crippen LogP contribution in [0.5, 0.6) is 0 Å². The molecule has 32 heavy (non-hydrogen) atoms. The molecule has 0 amide bonds. The van der Waals surface area contributed by atoms with E-state index in [-0.39, 0.29) is 22.0 Å². The Hall–Kier alpha value is -2.26. The molecular formula is C29H29NO2. The lowest BCUT2D eigenvalue weighted by molar-refractivity contribution is -0.149. The Labute approximate surface area is 188 Å². The number of ketones is 1. The summed E-state index contributed by atoms with van der Waals surface area (Å²) in [4.78, 5) is 16.8. The Morgan fingerprint density at radius 2 is 2.06 bits per heavy atom. The van der Waals surface area contributed by atoms with Gasteiger partial charge in [0.25, 0.3) is 0 Å².